The zero-order valence-electron chi connectivity index (χ0n) is 12.8. The summed E-state index contributed by atoms with van der Waals surface area (Å²) in [5, 5.41) is 18.3. The van der Waals surface area contributed by atoms with Crippen LogP contribution in [0.5, 0.6) is 0 Å². The van der Waals surface area contributed by atoms with Gasteiger partial charge in [0.25, 0.3) is 0 Å². The maximum atomic E-state index is 9.51. The fourth-order valence-electron chi connectivity index (χ4n) is 2.23. The lowest BCUT2D eigenvalue weighted by molar-refractivity contribution is 0.0742. The highest BCUT2D eigenvalue weighted by atomic mass is 16.3. The summed E-state index contributed by atoms with van der Waals surface area (Å²) >= 11 is 0. The fraction of sp³-hybridized carbons (Fsp3) is 0.471. The van der Waals surface area contributed by atoms with Crippen LogP contribution in [0.25, 0.3) is 6.08 Å². The first kappa shape index (κ1) is 16.4. The van der Waals surface area contributed by atoms with E-state index in [1.807, 2.05) is 37.4 Å². The second-order valence-electron chi connectivity index (χ2n) is 6.14. The quantitative estimate of drug-likeness (QED) is 0.896. The molecule has 108 valence electrons. The molecule has 1 unspecified atom stereocenters. The third-order valence-electron chi connectivity index (χ3n) is 3.45. The maximum absolute atomic E-state index is 9.51. The molecule has 0 radical (unpaired) electrons. The Morgan fingerprint density at radius 2 is 1.90 bits per heavy atom. The van der Waals surface area contributed by atoms with Crippen LogP contribution < -0.4 is 0 Å². The number of aliphatic hydroxyl groups is 1. The molecule has 1 aromatic carbocycles. The average Bonchev–Trinajstić information content (AvgIpc) is 2.38. The number of aliphatic hydroxyl groups excluding tert-OH is 1. The van der Waals surface area contributed by atoms with Crippen LogP contribution in [0.1, 0.15) is 31.9 Å². The zero-order chi connectivity index (χ0) is 15.2. The fourth-order valence-corrected chi connectivity index (χ4v) is 2.23. The number of hydrogen-bond donors (Lipinski definition) is 1. The van der Waals surface area contributed by atoms with Crippen molar-refractivity contribution < 1.29 is 5.11 Å². The van der Waals surface area contributed by atoms with Crippen LogP contribution in [-0.4, -0.2) is 36.2 Å². The van der Waals surface area contributed by atoms with Gasteiger partial charge in [0, 0.05) is 12.6 Å². The van der Waals surface area contributed by atoms with Crippen LogP contribution in [-0.2, 0) is 0 Å². The monoisotopic (exact) mass is 272 g/mol. The summed E-state index contributed by atoms with van der Waals surface area (Å²) < 4.78 is 0. The molecule has 1 rings (SSSR count). The van der Waals surface area contributed by atoms with Gasteiger partial charge in [0.1, 0.15) is 0 Å². The van der Waals surface area contributed by atoms with Crippen molar-refractivity contribution in [1.82, 2.24) is 4.90 Å². The SMILES string of the molecule is CN(C/C=C/c1ccc(C#N)cc1)C(CO)C(C)(C)C. The van der Waals surface area contributed by atoms with Crippen LogP contribution in [0, 0.1) is 16.7 Å². The van der Waals surface area contributed by atoms with Gasteiger partial charge in [-0.15, -0.1) is 0 Å². The first-order valence-corrected chi connectivity index (χ1v) is 6.86. The van der Waals surface area contributed by atoms with Gasteiger partial charge in [-0.25, -0.2) is 0 Å². The second-order valence-corrected chi connectivity index (χ2v) is 6.14. The Balaban J connectivity index is 2.61. The van der Waals surface area contributed by atoms with Gasteiger partial charge in [0.15, 0.2) is 0 Å². The predicted molar refractivity (Wildman–Crippen MR) is 83.1 cm³/mol. The van der Waals surface area contributed by atoms with Crippen LogP contribution in [0.2, 0.25) is 0 Å². The van der Waals surface area contributed by atoms with Gasteiger partial charge in [0.2, 0.25) is 0 Å². The van der Waals surface area contributed by atoms with Gasteiger partial charge < -0.3 is 5.11 Å². The van der Waals surface area contributed by atoms with Gasteiger partial charge in [-0.3, -0.25) is 4.90 Å². The summed E-state index contributed by atoms with van der Waals surface area (Å²) in [7, 11) is 2.02. The van der Waals surface area contributed by atoms with Crippen molar-refractivity contribution in [2.45, 2.75) is 26.8 Å². The predicted octanol–water partition coefficient (Wildman–Crippen LogP) is 2.91. The minimum absolute atomic E-state index is 0.0474. The minimum Gasteiger partial charge on any atom is -0.395 e. The largest absolute Gasteiger partial charge is 0.395 e. The Bertz CT molecular complexity index is 477. The molecule has 0 saturated heterocycles. The topological polar surface area (TPSA) is 47.3 Å². The number of likely N-dealkylation sites (N-methyl/N-ethyl adjacent to an activating group) is 1. The third kappa shape index (κ3) is 4.80. The molecule has 1 aromatic rings. The third-order valence-corrected chi connectivity index (χ3v) is 3.45. The summed E-state index contributed by atoms with van der Waals surface area (Å²) in [6, 6.07) is 9.73. The Morgan fingerprint density at radius 3 is 2.35 bits per heavy atom. The highest BCUT2D eigenvalue weighted by Gasteiger charge is 2.26. The molecular weight excluding hydrogens is 248 g/mol. The van der Waals surface area contributed by atoms with E-state index in [4.69, 9.17) is 5.26 Å². The maximum Gasteiger partial charge on any atom is 0.0991 e. The molecule has 0 fully saturated rings. The summed E-state index contributed by atoms with van der Waals surface area (Å²) in [5.41, 5.74) is 1.80. The molecule has 0 spiro atoms. The highest BCUT2D eigenvalue weighted by Crippen LogP contribution is 2.23. The van der Waals surface area contributed by atoms with E-state index in [2.05, 4.69) is 37.8 Å². The minimum atomic E-state index is 0.0474. The molecule has 0 bridgehead atoms. The molecule has 20 heavy (non-hydrogen) atoms. The molecule has 0 aliphatic carbocycles. The van der Waals surface area contributed by atoms with Crippen molar-refractivity contribution in [2.24, 2.45) is 5.41 Å². The molecular formula is C17H24N2O. The van der Waals surface area contributed by atoms with E-state index >= 15 is 0 Å². The summed E-state index contributed by atoms with van der Waals surface area (Å²) in [6.45, 7) is 7.34. The van der Waals surface area contributed by atoms with E-state index in [-0.39, 0.29) is 18.1 Å². The molecule has 0 aliphatic rings. The van der Waals surface area contributed by atoms with Gasteiger partial charge in [-0.05, 0) is 30.2 Å². The van der Waals surface area contributed by atoms with Crippen molar-refractivity contribution >= 4 is 6.08 Å². The molecule has 1 N–H and O–H groups in total. The van der Waals surface area contributed by atoms with E-state index in [0.29, 0.717) is 5.56 Å². The Labute approximate surface area is 122 Å². The van der Waals surface area contributed by atoms with Crippen LogP contribution in [0.3, 0.4) is 0 Å². The Hall–Kier alpha value is -1.63. The molecule has 0 amide bonds. The molecule has 3 nitrogen and oxygen atoms in total. The van der Waals surface area contributed by atoms with Crippen molar-refractivity contribution in [3.05, 3.63) is 41.5 Å². The average molecular weight is 272 g/mol. The Kier molecular flexibility index (Phi) is 5.94. The number of nitriles is 1. The lowest BCUT2D eigenvalue weighted by Gasteiger charge is -2.36. The molecule has 0 aliphatic heterocycles. The van der Waals surface area contributed by atoms with E-state index in [1.54, 1.807) is 0 Å². The number of nitrogens with zero attached hydrogens (tertiary/aromatic N) is 2. The van der Waals surface area contributed by atoms with E-state index in [9.17, 15) is 5.11 Å². The molecule has 0 saturated carbocycles. The number of benzene rings is 1. The van der Waals surface area contributed by atoms with Crippen molar-refractivity contribution in [2.75, 3.05) is 20.2 Å². The van der Waals surface area contributed by atoms with Gasteiger partial charge in [-0.2, -0.15) is 5.26 Å². The Morgan fingerprint density at radius 1 is 1.30 bits per heavy atom. The van der Waals surface area contributed by atoms with Gasteiger partial charge >= 0.3 is 0 Å². The number of rotatable bonds is 5. The highest BCUT2D eigenvalue weighted by molar-refractivity contribution is 5.51. The molecule has 3 heteroatoms. The first-order valence-electron chi connectivity index (χ1n) is 6.86. The molecule has 1 atom stereocenters. The van der Waals surface area contributed by atoms with Crippen molar-refractivity contribution in [3.8, 4) is 6.07 Å². The van der Waals surface area contributed by atoms with E-state index in [1.165, 1.54) is 0 Å². The van der Waals surface area contributed by atoms with Crippen LogP contribution in [0.4, 0.5) is 0 Å². The van der Waals surface area contributed by atoms with Crippen molar-refractivity contribution in [1.29, 1.82) is 5.26 Å². The smallest absolute Gasteiger partial charge is 0.0991 e. The van der Waals surface area contributed by atoms with Gasteiger partial charge in [0.05, 0.1) is 18.2 Å². The summed E-state index contributed by atoms with van der Waals surface area (Å²) in [5.74, 6) is 0. The summed E-state index contributed by atoms with van der Waals surface area (Å²) in [6.07, 6.45) is 4.12. The molecule has 0 heterocycles. The number of hydrogen-bond acceptors (Lipinski definition) is 3. The standard InChI is InChI=1S/C17H24N2O/c1-17(2,3)16(13-20)19(4)11-5-6-14-7-9-15(12-18)10-8-14/h5-10,16,20H,11,13H2,1-4H3/b6-5+. The van der Waals surface area contributed by atoms with E-state index in [0.717, 1.165) is 12.1 Å². The van der Waals surface area contributed by atoms with Crippen molar-refractivity contribution in [3.63, 3.8) is 0 Å². The van der Waals surface area contributed by atoms with Crippen LogP contribution >= 0.6 is 0 Å². The van der Waals surface area contributed by atoms with Crippen LogP contribution in [0.15, 0.2) is 30.3 Å². The van der Waals surface area contributed by atoms with E-state index < -0.39 is 0 Å². The lowest BCUT2D eigenvalue weighted by atomic mass is 9.86. The first-order chi connectivity index (χ1) is 9.38. The lowest BCUT2D eigenvalue weighted by Crippen LogP contribution is -2.44. The van der Waals surface area contributed by atoms with Gasteiger partial charge in [-0.1, -0.05) is 45.1 Å². The summed E-state index contributed by atoms with van der Waals surface area (Å²) in [4.78, 5) is 2.15. The zero-order valence-corrected chi connectivity index (χ0v) is 12.8. The molecule has 0 aromatic heterocycles. The second kappa shape index (κ2) is 7.23. The normalized spacial score (nSPS) is 13.7.